The van der Waals surface area contributed by atoms with Crippen molar-refractivity contribution >= 4 is 53.1 Å². The van der Waals surface area contributed by atoms with Gasteiger partial charge in [0.25, 0.3) is 0 Å². The molecule has 0 amide bonds. The molecule has 11 heteroatoms. The predicted molar refractivity (Wildman–Crippen MR) is 135 cm³/mol. The molecule has 1 aromatic carbocycles. The van der Waals surface area contributed by atoms with Crippen molar-refractivity contribution in [1.82, 2.24) is 0 Å². The minimum atomic E-state index is -1.34. The Morgan fingerprint density at radius 3 is 2.06 bits per heavy atom. The number of nitrogens with zero attached hydrogens (tertiary/aromatic N) is 1. The first kappa shape index (κ1) is 25.9. The number of thioether (sulfide) groups is 2. The first-order valence-electron chi connectivity index (χ1n) is 10.8. The highest BCUT2D eigenvalue weighted by Gasteiger charge is 2.66. The number of anilines is 1. The van der Waals surface area contributed by atoms with E-state index in [9.17, 15) is 19.2 Å². The Balaban J connectivity index is 2.19. The van der Waals surface area contributed by atoms with Crippen molar-refractivity contribution in [2.45, 2.75) is 11.5 Å². The van der Waals surface area contributed by atoms with E-state index in [0.717, 1.165) is 21.7 Å². The van der Waals surface area contributed by atoms with Crippen molar-refractivity contribution in [1.29, 1.82) is 0 Å². The minimum absolute atomic E-state index is 0.0421. The summed E-state index contributed by atoms with van der Waals surface area (Å²) in [5.74, 6) is -3.61. The van der Waals surface area contributed by atoms with E-state index in [4.69, 9.17) is 18.9 Å². The number of hydrogen-bond acceptors (Lipinski definition) is 11. The fourth-order valence-electron chi connectivity index (χ4n) is 5.37. The minimum Gasteiger partial charge on any atom is -0.466 e. The maximum absolute atomic E-state index is 13.5. The molecule has 9 nitrogen and oxygen atoms in total. The Kier molecular flexibility index (Phi) is 6.98. The SMILES string of the molecule is COC(=O)C1=C(C(=O)OC)[C@@]2(C=C(SC)S1)c1ccccc1N(C)C1C(C(=O)OC)=C(C(=O)OC)C12. The van der Waals surface area contributed by atoms with Crippen LogP contribution in [0.3, 0.4) is 0 Å². The Hall–Kier alpha value is -3.18. The molecular formula is C25H25NO8S2. The van der Waals surface area contributed by atoms with Gasteiger partial charge in [0.1, 0.15) is 4.91 Å². The van der Waals surface area contributed by atoms with Crippen molar-refractivity contribution in [3.63, 3.8) is 0 Å². The number of hydrogen-bond donors (Lipinski definition) is 0. The lowest BCUT2D eigenvalue weighted by Crippen LogP contribution is -2.64. The zero-order valence-corrected chi connectivity index (χ0v) is 22.2. The Bertz CT molecular complexity index is 1270. The average Bonchev–Trinajstić information content (AvgIpc) is 2.89. The summed E-state index contributed by atoms with van der Waals surface area (Å²) in [4.78, 5) is 54.5. The van der Waals surface area contributed by atoms with Gasteiger partial charge in [-0.15, -0.1) is 11.8 Å². The number of esters is 4. The number of fused-ring (bicyclic) bond motifs is 4. The van der Waals surface area contributed by atoms with Gasteiger partial charge < -0.3 is 23.8 Å². The number of allylic oxidation sites excluding steroid dienone is 1. The molecule has 3 aliphatic rings. The molecule has 0 fully saturated rings. The van der Waals surface area contributed by atoms with Crippen LogP contribution in [0.25, 0.3) is 0 Å². The zero-order valence-electron chi connectivity index (χ0n) is 20.6. The third kappa shape index (κ3) is 3.47. The second-order valence-electron chi connectivity index (χ2n) is 8.19. The molecule has 0 N–H and O–H groups in total. The smallest absolute Gasteiger partial charge is 0.345 e. The number of methoxy groups -OCH3 is 4. The fourth-order valence-corrected chi connectivity index (χ4v) is 7.22. The van der Waals surface area contributed by atoms with Crippen LogP contribution in [-0.2, 0) is 43.5 Å². The van der Waals surface area contributed by atoms with E-state index in [1.165, 1.54) is 40.2 Å². The van der Waals surface area contributed by atoms with E-state index in [0.29, 0.717) is 5.56 Å². The maximum atomic E-state index is 13.5. The van der Waals surface area contributed by atoms with Gasteiger partial charge in [-0.1, -0.05) is 30.0 Å². The quantitative estimate of drug-likeness (QED) is 0.413. The lowest BCUT2D eigenvalue weighted by molar-refractivity contribution is -0.142. The first-order valence-corrected chi connectivity index (χ1v) is 12.9. The second-order valence-corrected chi connectivity index (χ2v) is 10.3. The van der Waals surface area contributed by atoms with E-state index in [2.05, 4.69) is 0 Å². The molecule has 2 aliphatic heterocycles. The highest BCUT2D eigenvalue weighted by Crippen LogP contribution is 2.64. The van der Waals surface area contributed by atoms with E-state index in [-0.39, 0.29) is 21.6 Å². The second kappa shape index (κ2) is 9.70. The van der Waals surface area contributed by atoms with Crippen LogP contribution in [0.4, 0.5) is 5.69 Å². The number of rotatable bonds is 5. The third-order valence-corrected chi connectivity index (χ3v) is 8.98. The monoisotopic (exact) mass is 531 g/mol. The Morgan fingerprint density at radius 2 is 1.47 bits per heavy atom. The first-order chi connectivity index (χ1) is 17.2. The summed E-state index contributed by atoms with van der Waals surface area (Å²) in [6.07, 6.45) is 3.72. The van der Waals surface area contributed by atoms with Gasteiger partial charge >= 0.3 is 23.9 Å². The van der Waals surface area contributed by atoms with Crippen molar-refractivity contribution in [3.8, 4) is 0 Å². The van der Waals surface area contributed by atoms with Crippen LogP contribution in [0.15, 0.2) is 56.2 Å². The van der Waals surface area contributed by atoms with Gasteiger partial charge in [-0.05, 0) is 24.0 Å². The van der Waals surface area contributed by atoms with Crippen molar-refractivity contribution < 1.29 is 38.1 Å². The molecule has 1 spiro atoms. The summed E-state index contributed by atoms with van der Waals surface area (Å²) < 4.78 is 21.1. The van der Waals surface area contributed by atoms with Crippen molar-refractivity contribution in [2.24, 2.45) is 5.92 Å². The van der Waals surface area contributed by atoms with Gasteiger partial charge in [0.05, 0.1) is 56.6 Å². The van der Waals surface area contributed by atoms with Crippen LogP contribution >= 0.6 is 23.5 Å². The van der Waals surface area contributed by atoms with Gasteiger partial charge in [-0.3, -0.25) is 0 Å². The molecule has 0 aromatic heterocycles. The van der Waals surface area contributed by atoms with Crippen LogP contribution in [0.1, 0.15) is 5.56 Å². The van der Waals surface area contributed by atoms with Crippen LogP contribution in [0, 0.1) is 5.92 Å². The standard InChI is InChI=1S/C25H25NO8S2/c1-26-13-10-8-7-9-12(13)25(17-15(21(27)31-2)16(19(17)26)22(28)32-3)11-14(35-6)36-20(24(30)34-5)18(25)23(29)33-4/h7-11,17,19H,1-6H3/t17?,19?,25-/m0/s1. The van der Waals surface area contributed by atoms with Crippen LogP contribution in [-0.4, -0.2) is 71.7 Å². The molecule has 3 atom stereocenters. The molecule has 1 aromatic rings. The van der Waals surface area contributed by atoms with E-state index in [1.807, 2.05) is 41.5 Å². The molecule has 0 radical (unpaired) electrons. The summed E-state index contributed by atoms with van der Waals surface area (Å²) in [5.41, 5.74) is 0.331. The van der Waals surface area contributed by atoms with Gasteiger partial charge in [0.2, 0.25) is 0 Å². The molecule has 0 saturated carbocycles. The summed E-state index contributed by atoms with van der Waals surface area (Å²) in [7, 11) is 6.73. The van der Waals surface area contributed by atoms with Crippen LogP contribution in [0.5, 0.6) is 0 Å². The van der Waals surface area contributed by atoms with Crippen LogP contribution < -0.4 is 4.90 Å². The molecule has 190 valence electrons. The summed E-state index contributed by atoms with van der Waals surface area (Å²) >= 11 is 2.49. The van der Waals surface area contributed by atoms with Gasteiger partial charge in [-0.2, -0.15) is 0 Å². The topological polar surface area (TPSA) is 108 Å². The van der Waals surface area contributed by atoms with E-state index < -0.39 is 41.3 Å². The van der Waals surface area contributed by atoms with Crippen LogP contribution in [0.2, 0.25) is 0 Å². The normalized spacial score (nSPS) is 24.3. The molecule has 0 saturated heterocycles. The molecule has 4 rings (SSSR count). The highest BCUT2D eigenvalue weighted by atomic mass is 32.2. The third-order valence-electron chi connectivity index (χ3n) is 6.81. The Morgan fingerprint density at radius 1 is 0.889 bits per heavy atom. The summed E-state index contributed by atoms with van der Waals surface area (Å²) in [6.45, 7) is 0. The largest absolute Gasteiger partial charge is 0.466 e. The molecule has 0 bridgehead atoms. The average molecular weight is 532 g/mol. The fraction of sp³-hybridized carbons (Fsp3) is 0.360. The van der Waals surface area contributed by atoms with Gasteiger partial charge in [0, 0.05) is 22.9 Å². The van der Waals surface area contributed by atoms with E-state index in [1.54, 1.807) is 7.05 Å². The molecule has 2 heterocycles. The number of carbonyl (C=O) groups is 4. The number of para-hydroxylation sites is 1. The zero-order chi connectivity index (χ0) is 26.4. The number of carbonyl (C=O) groups excluding carboxylic acids is 4. The lowest BCUT2D eigenvalue weighted by atomic mass is 9.51. The Labute approximate surface area is 216 Å². The number of ether oxygens (including phenoxy) is 4. The van der Waals surface area contributed by atoms with Crippen molar-refractivity contribution in [2.75, 3.05) is 46.6 Å². The lowest BCUT2D eigenvalue weighted by Gasteiger charge is -2.58. The molecule has 36 heavy (non-hydrogen) atoms. The van der Waals surface area contributed by atoms with Crippen molar-refractivity contribution in [3.05, 3.63) is 61.8 Å². The molecule has 1 aliphatic carbocycles. The van der Waals surface area contributed by atoms with Gasteiger partial charge in [0.15, 0.2) is 0 Å². The number of benzene rings is 1. The number of likely N-dealkylation sites (N-methyl/N-ethyl adjacent to an activating group) is 1. The highest BCUT2D eigenvalue weighted by molar-refractivity contribution is 8.24. The maximum Gasteiger partial charge on any atom is 0.345 e. The van der Waals surface area contributed by atoms with E-state index >= 15 is 0 Å². The van der Waals surface area contributed by atoms with Gasteiger partial charge in [-0.25, -0.2) is 19.2 Å². The predicted octanol–water partition coefficient (Wildman–Crippen LogP) is 2.57. The molecular weight excluding hydrogens is 506 g/mol. The molecule has 2 unspecified atom stereocenters. The summed E-state index contributed by atoms with van der Waals surface area (Å²) in [5, 5.41) is 0. The summed E-state index contributed by atoms with van der Waals surface area (Å²) in [6, 6.07) is 6.71.